The van der Waals surface area contributed by atoms with Gasteiger partial charge in [0.15, 0.2) is 0 Å². The smallest absolute Gasteiger partial charge is 0.277 e. The highest BCUT2D eigenvalue weighted by atomic mass is 19.1. The summed E-state index contributed by atoms with van der Waals surface area (Å²) in [6, 6.07) is 11.6. The summed E-state index contributed by atoms with van der Waals surface area (Å²) >= 11 is 0. The summed E-state index contributed by atoms with van der Waals surface area (Å²) in [6.45, 7) is 3.22. The number of halogens is 2. The summed E-state index contributed by atoms with van der Waals surface area (Å²) in [5.74, 6) is -1.54. The van der Waals surface area contributed by atoms with Crippen LogP contribution in [0.2, 0.25) is 0 Å². The van der Waals surface area contributed by atoms with Crippen LogP contribution in [0.4, 0.5) is 8.78 Å². The Morgan fingerprint density at radius 1 is 0.781 bits per heavy atom. The lowest BCUT2D eigenvalue weighted by molar-refractivity contribution is -0.137. The number of carbonyl (C=O) groups is 2. The van der Waals surface area contributed by atoms with Crippen LogP contribution < -0.4 is 0 Å². The second-order valence-electron chi connectivity index (χ2n) is 7.92. The molecule has 2 heterocycles. The molecule has 2 aliphatic rings. The number of benzene rings is 2. The van der Waals surface area contributed by atoms with E-state index in [-0.39, 0.29) is 30.4 Å². The van der Waals surface area contributed by atoms with Gasteiger partial charge in [-0.05, 0) is 41.8 Å². The highest BCUT2D eigenvalue weighted by Gasteiger charge is 2.41. The first-order chi connectivity index (χ1) is 15.5. The van der Waals surface area contributed by atoms with Crippen LogP contribution in [-0.2, 0) is 16.0 Å². The topological polar surface area (TPSA) is 64.1 Å². The van der Waals surface area contributed by atoms with Crippen molar-refractivity contribution in [3.63, 3.8) is 0 Å². The Kier molecular flexibility index (Phi) is 6.62. The molecule has 4 rings (SSSR count). The van der Waals surface area contributed by atoms with Crippen LogP contribution in [0.15, 0.2) is 54.2 Å². The molecule has 0 aliphatic carbocycles. The van der Waals surface area contributed by atoms with E-state index in [2.05, 4.69) is 4.90 Å². The number of aliphatic hydroxyl groups excluding tert-OH is 1. The summed E-state index contributed by atoms with van der Waals surface area (Å²) in [7, 11) is 0. The quantitative estimate of drug-likeness (QED) is 0.665. The van der Waals surface area contributed by atoms with Gasteiger partial charge >= 0.3 is 0 Å². The molecular formula is C24H25F2N3O3. The van der Waals surface area contributed by atoms with Crippen molar-refractivity contribution in [2.24, 2.45) is 0 Å². The van der Waals surface area contributed by atoms with E-state index in [0.29, 0.717) is 50.4 Å². The second kappa shape index (κ2) is 9.58. The molecule has 2 aromatic carbocycles. The number of β-amino-alcohol motifs (C(OH)–C–C–N with tert-alkyl or cyclic N) is 1. The van der Waals surface area contributed by atoms with E-state index in [4.69, 9.17) is 5.11 Å². The van der Waals surface area contributed by atoms with Gasteiger partial charge in [0.1, 0.15) is 17.3 Å². The molecule has 32 heavy (non-hydrogen) atoms. The van der Waals surface area contributed by atoms with Gasteiger partial charge in [0.2, 0.25) is 0 Å². The zero-order chi connectivity index (χ0) is 22.7. The summed E-state index contributed by atoms with van der Waals surface area (Å²) < 4.78 is 26.7. The minimum Gasteiger partial charge on any atom is -0.395 e. The van der Waals surface area contributed by atoms with E-state index in [9.17, 15) is 18.4 Å². The van der Waals surface area contributed by atoms with Crippen molar-refractivity contribution >= 4 is 17.4 Å². The van der Waals surface area contributed by atoms with Gasteiger partial charge in [-0.1, -0.05) is 24.3 Å². The van der Waals surface area contributed by atoms with Gasteiger partial charge in [0, 0.05) is 39.3 Å². The van der Waals surface area contributed by atoms with Crippen LogP contribution in [0.3, 0.4) is 0 Å². The molecule has 8 heteroatoms. The number of aliphatic hydroxyl groups is 1. The number of nitrogens with zero attached hydrogens (tertiary/aromatic N) is 3. The molecule has 1 fully saturated rings. The maximum Gasteiger partial charge on any atom is 0.277 e. The van der Waals surface area contributed by atoms with Gasteiger partial charge < -0.3 is 10.0 Å². The number of amides is 2. The van der Waals surface area contributed by atoms with Gasteiger partial charge in [-0.2, -0.15) is 0 Å². The lowest BCUT2D eigenvalue weighted by Crippen LogP contribution is -2.48. The Balaban J connectivity index is 1.59. The molecule has 1 saturated heterocycles. The molecule has 0 radical (unpaired) electrons. The van der Waals surface area contributed by atoms with E-state index < -0.39 is 11.7 Å². The first kappa shape index (κ1) is 22.1. The van der Waals surface area contributed by atoms with Crippen molar-refractivity contribution in [3.05, 3.63) is 77.0 Å². The van der Waals surface area contributed by atoms with Crippen molar-refractivity contribution in [2.75, 3.05) is 45.9 Å². The predicted molar refractivity (Wildman–Crippen MR) is 115 cm³/mol. The third kappa shape index (κ3) is 4.56. The van der Waals surface area contributed by atoms with Crippen molar-refractivity contribution in [3.8, 4) is 0 Å². The zero-order valence-corrected chi connectivity index (χ0v) is 17.6. The molecule has 0 bridgehead atoms. The number of piperazine rings is 1. The molecular weight excluding hydrogens is 416 g/mol. The monoisotopic (exact) mass is 441 g/mol. The van der Waals surface area contributed by atoms with Gasteiger partial charge in [0.25, 0.3) is 11.8 Å². The fourth-order valence-corrected chi connectivity index (χ4v) is 4.16. The number of rotatable bonds is 7. The average molecular weight is 441 g/mol. The summed E-state index contributed by atoms with van der Waals surface area (Å²) in [6.07, 6.45) is 0.409. The van der Waals surface area contributed by atoms with Crippen LogP contribution in [0.1, 0.15) is 11.1 Å². The molecule has 0 aromatic heterocycles. The summed E-state index contributed by atoms with van der Waals surface area (Å²) in [5.41, 5.74) is 1.94. The van der Waals surface area contributed by atoms with Crippen LogP contribution in [0.25, 0.3) is 5.57 Å². The standard InChI is InChI=1S/C24H25F2N3O3/c25-19-5-1-17(2-6-19)9-10-29-23(31)21(18-3-7-20(26)8-4-18)22(24(29)32)28-13-11-27(12-14-28)15-16-30/h1-8,30H,9-16H2. The Morgan fingerprint density at radius 2 is 1.38 bits per heavy atom. The maximum absolute atomic E-state index is 13.5. The van der Waals surface area contributed by atoms with Gasteiger partial charge in [-0.3, -0.25) is 19.4 Å². The first-order valence-electron chi connectivity index (χ1n) is 10.7. The highest BCUT2D eigenvalue weighted by molar-refractivity contribution is 6.35. The summed E-state index contributed by atoms with van der Waals surface area (Å²) in [4.78, 5) is 31.9. The number of carbonyl (C=O) groups excluding carboxylic acids is 2. The van der Waals surface area contributed by atoms with E-state index >= 15 is 0 Å². The normalized spacial score (nSPS) is 17.6. The fourth-order valence-electron chi connectivity index (χ4n) is 4.16. The van der Waals surface area contributed by atoms with Crippen molar-refractivity contribution in [1.82, 2.24) is 14.7 Å². The molecule has 2 aliphatic heterocycles. The van der Waals surface area contributed by atoms with E-state index in [1.54, 1.807) is 12.1 Å². The van der Waals surface area contributed by atoms with Crippen LogP contribution in [-0.4, -0.2) is 77.5 Å². The predicted octanol–water partition coefficient (Wildman–Crippen LogP) is 1.90. The number of imide groups is 1. The second-order valence-corrected chi connectivity index (χ2v) is 7.92. The Labute approximate surface area is 185 Å². The van der Waals surface area contributed by atoms with Gasteiger partial charge in [-0.15, -0.1) is 0 Å². The average Bonchev–Trinajstić information content (AvgIpc) is 3.04. The van der Waals surface area contributed by atoms with Gasteiger partial charge in [0.05, 0.1) is 12.2 Å². The Hall–Kier alpha value is -3.10. The number of hydrogen-bond donors (Lipinski definition) is 1. The first-order valence-corrected chi connectivity index (χ1v) is 10.7. The lowest BCUT2D eigenvalue weighted by atomic mass is 10.0. The zero-order valence-electron chi connectivity index (χ0n) is 17.6. The molecule has 0 saturated carbocycles. The molecule has 1 N–H and O–H groups in total. The minimum atomic E-state index is -0.418. The molecule has 168 valence electrons. The third-order valence-electron chi connectivity index (χ3n) is 5.92. The maximum atomic E-state index is 13.5. The summed E-state index contributed by atoms with van der Waals surface area (Å²) in [5, 5.41) is 9.17. The van der Waals surface area contributed by atoms with Gasteiger partial charge in [-0.25, -0.2) is 8.78 Å². The van der Waals surface area contributed by atoms with Crippen molar-refractivity contribution in [2.45, 2.75) is 6.42 Å². The van der Waals surface area contributed by atoms with Crippen molar-refractivity contribution < 1.29 is 23.5 Å². The Morgan fingerprint density at radius 3 is 1.97 bits per heavy atom. The van der Waals surface area contributed by atoms with Crippen molar-refractivity contribution in [1.29, 1.82) is 0 Å². The lowest BCUT2D eigenvalue weighted by Gasteiger charge is -2.36. The molecule has 2 aromatic rings. The van der Waals surface area contributed by atoms with E-state index in [0.717, 1.165) is 5.56 Å². The Bertz CT molecular complexity index is 1010. The molecule has 2 amide bonds. The molecule has 0 spiro atoms. The fraction of sp³-hybridized carbons (Fsp3) is 0.333. The third-order valence-corrected chi connectivity index (χ3v) is 5.92. The van der Waals surface area contributed by atoms with E-state index in [1.165, 1.54) is 41.3 Å². The molecule has 6 nitrogen and oxygen atoms in total. The highest BCUT2D eigenvalue weighted by Crippen LogP contribution is 2.32. The molecule has 0 unspecified atom stereocenters. The largest absolute Gasteiger partial charge is 0.395 e. The number of hydrogen-bond acceptors (Lipinski definition) is 5. The molecule has 0 atom stereocenters. The van der Waals surface area contributed by atoms with Crippen LogP contribution in [0.5, 0.6) is 0 Å². The van der Waals surface area contributed by atoms with Crippen LogP contribution >= 0.6 is 0 Å². The SMILES string of the molecule is O=C1C(c2ccc(F)cc2)=C(N2CCN(CCO)CC2)C(=O)N1CCc1ccc(F)cc1. The minimum absolute atomic E-state index is 0.0676. The van der Waals surface area contributed by atoms with E-state index in [1.807, 2.05) is 4.90 Å². The van der Waals surface area contributed by atoms with Crippen LogP contribution in [0, 0.1) is 11.6 Å².